The second kappa shape index (κ2) is 6.64. The standard InChI is InChI=1S/C20H25NO4/c1-5-11-25-19(23)21-14-10-8-7-9-13(14)17-15(24-6-2)12-16(22)20(3,4)18(17)21/h5,7-10,15,17-18H,1,6,11-12H2,2-4H3/t15-,17-,18-/m1/s1. The third-order valence-electron chi connectivity index (χ3n) is 5.32. The molecule has 1 amide bonds. The quantitative estimate of drug-likeness (QED) is 0.783. The molecule has 134 valence electrons. The number of hydrogen-bond acceptors (Lipinski definition) is 4. The number of fused-ring (bicyclic) bond motifs is 3. The summed E-state index contributed by atoms with van der Waals surface area (Å²) in [6.45, 7) is 10.0. The van der Waals surface area contributed by atoms with Crippen molar-refractivity contribution in [3.63, 3.8) is 0 Å². The Labute approximate surface area is 148 Å². The Hall–Kier alpha value is -2.14. The third-order valence-corrected chi connectivity index (χ3v) is 5.32. The topological polar surface area (TPSA) is 55.8 Å². The van der Waals surface area contributed by atoms with Crippen LogP contribution in [0.15, 0.2) is 36.9 Å². The number of amides is 1. The number of carbonyl (C=O) groups is 2. The first-order chi connectivity index (χ1) is 11.9. The van der Waals surface area contributed by atoms with Gasteiger partial charge >= 0.3 is 6.09 Å². The van der Waals surface area contributed by atoms with E-state index >= 15 is 0 Å². The van der Waals surface area contributed by atoms with E-state index in [-0.39, 0.29) is 30.5 Å². The minimum atomic E-state index is -0.676. The van der Waals surface area contributed by atoms with Gasteiger partial charge < -0.3 is 9.47 Å². The summed E-state index contributed by atoms with van der Waals surface area (Å²) in [6, 6.07) is 7.47. The van der Waals surface area contributed by atoms with Crippen LogP contribution in [0.2, 0.25) is 0 Å². The number of ether oxygens (including phenoxy) is 2. The van der Waals surface area contributed by atoms with Crippen molar-refractivity contribution in [1.29, 1.82) is 0 Å². The third kappa shape index (κ3) is 2.76. The van der Waals surface area contributed by atoms with Crippen LogP contribution in [0.1, 0.15) is 38.7 Å². The molecule has 0 saturated heterocycles. The van der Waals surface area contributed by atoms with Gasteiger partial charge in [-0.2, -0.15) is 0 Å². The second-order valence-electron chi connectivity index (χ2n) is 7.11. The molecular formula is C20H25NO4. The zero-order chi connectivity index (χ0) is 18.2. The van der Waals surface area contributed by atoms with Crippen LogP contribution in [0.3, 0.4) is 0 Å². The van der Waals surface area contributed by atoms with Gasteiger partial charge in [-0.1, -0.05) is 44.7 Å². The van der Waals surface area contributed by atoms with E-state index in [9.17, 15) is 9.59 Å². The number of Topliss-reactive ketones (excluding diaryl/α,β-unsaturated/α-hetero) is 1. The second-order valence-corrected chi connectivity index (χ2v) is 7.11. The van der Waals surface area contributed by atoms with Crippen molar-refractivity contribution in [2.45, 2.75) is 45.3 Å². The van der Waals surface area contributed by atoms with Crippen LogP contribution in [0.4, 0.5) is 10.5 Å². The highest BCUT2D eigenvalue weighted by Gasteiger charge is 2.58. The van der Waals surface area contributed by atoms with Crippen LogP contribution < -0.4 is 4.90 Å². The molecule has 1 fully saturated rings. The number of para-hydroxylation sites is 1. The van der Waals surface area contributed by atoms with E-state index < -0.39 is 11.5 Å². The highest BCUT2D eigenvalue weighted by atomic mass is 16.6. The average molecular weight is 343 g/mol. The van der Waals surface area contributed by atoms with Crippen molar-refractivity contribution >= 4 is 17.6 Å². The number of rotatable bonds is 4. The Bertz CT molecular complexity index is 697. The lowest BCUT2D eigenvalue weighted by Crippen LogP contribution is -2.58. The number of carbonyl (C=O) groups excluding carboxylic acids is 2. The Balaban J connectivity index is 2.10. The number of hydrogen-bond donors (Lipinski definition) is 0. The molecule has 0 radical (unpaired) electrons. The van der Waals surface area contributed by atoms with Crippen LogP contribution in [-0.2, 0) is 14.3 Å². The molecule has 1 heterocycles. The van der Waals surface area contributed by atoms with Gasteiger partial charge in [0.05, 0.1) is 17.8 Å². The van der Waals surface area contributed by atoms with Crippen molar-refractivity contribution in [3.05, 3.63) is 42.5 Å². The summed E-state index contributed by atoms with van der Waals surface area (Å²) in [4.78, 5) is 27.2. The summed E-state index contributed by atoms with van der Waals surface area (Å²) >= 11 is 0. The lowest BCUT2D eigenvalue weighted by molar-refractivity contribution is -0.137. The maximum atomic E-state index is 12.8. The summed E-state index contributed by atoms with van der Waals surface area (Å²) in [5.41, 5.74) is 1.17. The molecule has 0 aromatic heterocycles. The smallest absolute Gasteiger partial charge is 0.414 e. The van der Waals surface area contributed by atoms with Crippen molar-refractivity contribution in [1.82, 2.24) is 0 Å². The van der Waals surface area contributed by atoms with Gasteiger partial charge in [0, 0.05) is 24.4 Å². The van der Waals surface area contributed by atoms with Crippen molar-refractivity contribution in [2.75, 3.05) is 18.1 Å². The molecule has 3 atom stereocenters. The first kappa shape index (κ1) is 17.7. The average Bonchev–Trinajstić information content (AvgIpc) is 2.94. The minimum absolute atomic E-state index is 0.0415. The Morgan fingerprint density at radius 1 is 1.40 bits per heavy atom. The summed E-state index contributed by atoms with van der Waals surface area (Å²) < 4.78 is 11.2. The highest BCUT2D eigenvalue weighted by Crippen LogP contribution is 2.54. The van der Waals surface area contributed by atoms with Gasteiger partial charge in [0.15, 0.2) is 0 Å². The molecule has 0 N–H and O–H groups in total. The van der Waals surface area contributed by atoms with Gasteiger partial charge in [0.1, 0.15) is 12.4 Å². The van der Waals surface area contributed by atoms with Gasteiger partial charge in [0.25, 0.3) is 0 Å². The number of anilines is 1. The molecule has 1 aliphatic carbocycles. The number of ketones is 1. The van der Waals surface area contributed by atoms with E-state index in [1.54, 1.807) is 4.90 Å². The predicted octanol–water partition coefficient (Wildman–Crippen LogP) is 3.69. The fraction of sp³-hybridized carbons (Fsp3) is 0.500. The van der Waals surface area contributed by atoms with Gasteiger partial charge in [-0.3, -0.25) is 9.69 Å². The zero-order valence-corrected chi connectivity index (χ0v) is 15.0. The Morgan fingerprint density at radius 2 is 2.12 bits per heavy atom. The fourth-order valence-corrected chi connectivity index (χ4v) is 4.17. The van der Waals surface area contributed by atoms with Gasteiger partial charge in [-0.15, -0.1) is 0 Å². The normalized spacial score (nSPS) is 26.8. The summed E-state index contributed by atoms with van der Waals surface area (Å²) in [5.74, 6) is 0.0710. The van der Waals surface area contributed by atoms with E-state index in [1.165, 1.54) is 6.08 Å². The van der Waals surface area contributed by atoms with E-state index in [2.05, 4.69) is 6.58 Å². The first-order valence-electron chi connectivity index (χ1n) is 8.74. The maximum Gasteiger partial charge on any atom is 0.414 e. The van der Waals surface area contributed by atoms with Crippen molar-refractivity contribution in [2.24, 2.45) is 5.41 Å². The van der Waals surface area contributed by atoms with E-state index in [4.69, 9.17) is 9.47 Å². The molecule has 5 heteroatoms. The highest BCUT2D eigenvalue weighted by molar-refractivity contribution is 5.97. The van der Waals surface area contributed by atoms with Crippen LogP contribution >= 0.6 is 0 Å². The van der Waals surface area contributed by atoms with E-state index in [0.29, 0.717) is 13.0 Å². The Kier molecular flexibility index (Phi) is 4.69. The predicted molar refractivity (Wildman–Crippen MR) is 95.8 cm³/mol. The molecule has 0 unspecified atom stereocenters. The minimum Gasteiger partial charge on any atom is -0.445 e. The fourth-order valence-electron chi connectivity index (χ4n) is 4.17. The summed E-state index contributed by atoms with van der Waals surface area (Å²) in [6.07, 6.45) is 1.23. The lowest BCUT2D eigenvalue weighted by Gasteiger charge is -2.45. The maximum absolute atomic E-state index is 12.8. The SMILES string of the molecule is C=CCOC(=O)N1c2ccccc2[C@@H]2[C@H](OCC)CC(=O)C(C)(C)[C@@H]21. The molecule has 1 aliphatic heterocycles. The van der Waals surface area contributed by atoms with Crippen LogP contribution in [-0.4, -0.2) is 37.2 Å². The molecule has 5 nitrogen and oxygen atoms in total. The Morgan fingerprint density at radius 3 is 2.80 bits per heavy atom. The number of nitrogens with zero attached hydrogens (tertiary/aromatic N) is 1. The van der Waals surface area contributed by atoms with Gasteiger partial charge in [0.2, 0.25) is 0 Å². The monoisotopic (exact) mass is 343 g/mol. The first-order valence-corrected chi connectivity index (χ1v) is 8.74. The molecule has 25 heavy (non-hydrogen) atoms. The molecular weight excluding hydrogens is 318 g/mol. The van der Waals surface area contributed by atoms with Crippen LogP contribution in [0.25, 0.3) is 0 Å². The molecule has 0 spiro atoms. The zero-order valence-electron chi connectivity index (χ0n) is 15.0. The van der Waals surface area contributed by atoms with E-state index in [1.807, 2.05) is 45.0 Å². The molecule has 2 aliphatic rings. The molecule has 1 aromatic carbocycles. The van der Waals surface area contributed by atoms with Gasteiger partial charge in [-0.05, 0) is 18.6 Å². The largest absolute Gasteiger partial charge is 0.445 e. The van der Waals surface area contributed by atoms with Crippen molar-refractivity contribution in [3.8, 4) is 0 Å². The molecule has 0 bridgehead atoms. The molecule has 1 saturated carbocycles. The van der Waals surface area contributed by atoms with E-state index in [0.717, 1.165) is 11.3 Å². The van der Waals surface area contributed by atoms with Crippen LogP contribution in [0.5, 0.6) is 0 Å². The van der Waals surface area contributed by atoms with Gasteiger partial charge in [-0.25, -0.2) is 4.79 Å². The van der Waals surface area contributed by atoms with Crippen LogP contribution in [0, 0.1) is 5.41 Å². The van der Waals surface area contributed by atoms with Crippen molar-refractivity contribution < 1.29 is 19.1 Å². The molecule has 1 aromatic rings. The summed E-state index contributed by atoms with van der Waals surface area (Å²) in [5, 5.41) is 0. The molecule has 3 rings (SSSR count). The summed E-state index contributed by atoms with van der Waals surface area (Å²) in [7, 11) is 0. The number of benzene rings is 1. The lowest BCUT2D eigenvalue weighted by atomic mass is 9.65.